The second-order valence-corrected chi connectivity index (χ2v) is 5.45. The Morgan fingerprint density at radius 2 is 2.05 bits per heavy atom. The lowest BCUT2D eigenvalue weighted by atomic mass is 10.1. The fourth-order valence-corrected chi connectivity index (χ4v) is 1.87. The van der Waals surface area contributed by atoms with E-state index < -0.39 is 0 Å². The van der Waals surface area contributed by atoms with E-state index in [0.29, 0.717) is 18.8 Å². The highest BCUT2D eigenvalue weighted by Gasteiger charge is 2.23. The molecule has 0 saturated heterocycles. The van der Waals surface area contributed by atoms with Gasteiger partial charge in [0.05, 0.1) is 12.8 Å². The van der Waals surface area contributed by atoms with Crippen LogP contribution in [0.25, 0.3) is 0 Å². The predicted octanol–water partition coefficient (Wildman–Crippen LogP) is 1.93. The van der Waals surface area contributed by atoms with Gasteiger partial charge in [0.25, 0.3) is 0 Å². The monoisotopic (exact) mass is 266 g/mol. The molecule has 1 aromatic heterocycles. The maximum Gasteiger partial charge on any atom is 0.222 e. The summed E-state index contributed by atoms with van der Waals surface area (Å²) < 4.78 is 5.12. The van der Waals surface area contributed by atoms with E-state index in [1.807, 2.05) is 20.8 Å². The summed E-state index contributed by atoms with van der Waals surface area (Å²) in [7, 11) is 0. The van der Waals surface area contributed by atoms with Crippen molar-refractivity contribution in [3.8, 4) is 0 Å². The zero-order valence-electron chi connectivity index (χ0n) is 12.0. The van der Waals surface area contributed by atoms with Crippen LogP contribution in [0.4, 0.5) is 0 Å². The maximum atomic E-state index is 11.7. The number of hydrogen-bond donors (Lipinski definition) is 1. The molecule has 0 aliphatic rings. The minimum absolute atomic E-state index is 0.0219. The van der Waals surface area contributed by atoms with E-state index in [1.54, 1.807) is 23.3 Å². The summed E-state index contributed by atoms with van der Waals surface area (Å²) in [5, 5.41) is 2.76. The summed E-state index contributed by atoms with van der Waals surface area (Å²) in [6.07, 6.45) is 1.86. The third-order valence-corrected chi connectivity index (χ3v) is 2.79. The summed E-state index contributed by atoms with van der Waals surface area (Å²) in [5.74, 6) is 0.603. The van der Waals surface area contributed by atoms with Gasteiger partial charge < -0.3 is 14.6 Å². The van der Waals surface area contributed by atoms with Crippen molar-refractivity contribution in [2.45, 2.75) is 46.2 Å². The number of nitrogens with one attached hydrogen (secondary N) is 1. The Balaban J connectivity index is 2.38. The van der Waals surface area contributed by atoms with E-state index in [0.717, 1.165) is 0 Å². The molecule has 1 aromatic rings. The number of carbonyl (C=O) groups is 2. The van der Waals surface area contributed by atoms with Gasteiger partial charge in [0.15, 0.2) is 0 Å². The SMILES string of the molecule is CC(=O)N(CCC(=O)NCc1ccco1)C(C)(C)C. The number of carbonyl (C=O) groups excluding carboxylic acids is 2. The number of rotatable bonds is 5. The van der Waals surface area contributed by atoms with E-state index >= 15 is 0 Å². The molecule has 0 aliphatic carbocycles. The smallest absolute Gasteiger partial charge is 0.222 e. The molecule has 1 rings (SSSR count). The van der Waals surface area contributed by atoms with Gasteiger partial charge in [-0.25, -0.2) is 0 Å². The average molecular weight is 266 g/mol. The summed E-state index contributed by atoms with van der Waals surface area (Å²) in [6.45, 7) is 8.18. The highest BCUT2D eigenvalue weighted by Crippen LogP contribution is 2.13. The van der Waals surface area contributed by atoms with Gasteiger partial charge in [-0.15, -0.1) is 0 Å². The van der Waals surface area contributed by atoms with Crippen LogP contribution in [0, 0.1) is 0 Å². The average Bonchev–Trinajstić information content (AvgIpc) is 2.76. The topological polar surface area (TPSA) is 62.6 Å². The first-order valence-electron chi connectivity index (χ1n) is 6.38. The Morgan fingerprint density at radius 1 is 1.37 bits per heavy atom. The third kappa shape index (κ3) is 5.16. The van der Waals surface area contributed by atoms with Gasteiger partial charge in [-0.1, -0.05) is 0 Å². The molecule has 1 N–H and O–H groups in total. The summed E-state index contributed by atoms with van der Waals surface area (Å²) in [4.78, 5) is 24.9. The summed E-state index contributed by atoms with van der Waals surface area (Å²) >= 11 is 0. The van der Waals surface area contributed by atoms with Crippen molar-refractivity contribution in [3.63, 3.8) is 0 Å². The number of nitrogens with zero attached hydrogens (tertiary/aromatic N) is 1. The van der Waals surface area contributed by atoms with Gasteiger partial charge in [-0.05, 0) is 32.9 Å². The highest BCUT2D eigenvalue weighted by atomic mass is 16.3. The molecule has 0 aromatic carbocycles. The lowest BCUT2D eigenvalue weighted by molar-refractivity contribution is -0.134. The molecule has 0 radical (unpaired) electrons. The van der Waals surface area contributed by atoms with Gasteiger partial charge in [-0.2, -0.15) is 0 Å². The predicted molar refractivity (Wildman–Crippen MR) is 72.3 cm³/mol. The molecule has 0 atom stereocenters. The molecule has 2 amide bonds. The second-order valence-electron chi connectivity index (χ2n) is 5.45. The van der Waals surface area contributed by atoms with Gasteiger partial charge in [0.2, 0.25) is 11.8 Å². The van der Waals surface area contributed by atoms with Gasteiger partial charge in [0.1, 0.15) is 5.76 Å². The minimum atomic E-state index is -0.271. The molecule has 0 unspecified atom stereocenters. The molecule has 5 heteroatoms. The number of amides is 2. The summed E-state index contributed by atoms with van der Waals surface area (Å²) in [6, 6.07) is 3.58. The lowest BCUT2D eigenvalue weighted by Crippen LogP contribution is -2.46. The maximum absolute atomic E-state index is 11.7. The fraction of sp³-hybridized carbons (Fsp3) is 0.571. The normalized spacial score (nSPS) is 11.2. The van der Waals surface area contributed by atoms with E-state index in [-0.39, 0.29) is 23.8 Å². The van der Waals surface area contributed by atoms with E-state index in [1.165, 1.54) is 6.92 Å². The number of hydrogen-bond acceptors (Lipinski definition) is 3. The molecule has 5 nitrogen and oxygen atoms in total. The van der Waals surface area contributed by atoms with Gasteiger partial charge in [0, 0.05) is 25.4 Å². The molecule has 0 saturated carbocycles. The van der Waals surface area contributed by atoms with Crippen molar-refractivity contribution in [3.05, 3.63) is 24.2 Å². The molecule has 1 heterocycles. The fourth-order valence-electron chi connectivity index (χ4n) is 1.87. The molecule has 19 heavy (non-hydrogen) atoms. The first-order valence-corrected chi connectivity index (χ1v) is 6.38. The van der Waals surface area contributed by atoms with Crippen molar-refractivity contribution in [2.75, 3.05) is 6.54 Å². The van der Waals surface area contributed by atoms with E-state index in [4.69, 9.17) is 4.42 Å². The Labute approximate surface area is 114 Å². The van der Waals surface area contributed by atoms with Crippen LogP contribution in [-0.4, -0.2) is 28.8 Å². The molecular weight excluding hydrogens is 244 g/mol. The van der Waals surface area contributed by atoms with E-state index in [2.05, 4.69) is 5.32 Å². The standard InChI is InChI=1S/C14H22N2O3/c1-11(17)16(14(2,3)4)8-7-13(18)15-10-12-6-5-9-19-12/h5-6,9H,7-8,10H2,1-4H3,(H,15,18). The Kier molecular flexibility index (Phi) is 5.15. The van der Waals surface area contributed by atoms with Crippen LogP contribution in [0.15, 0.2) is 22.8 Å². The molecule has 0 fully saturated rings. The van der Waals surface area contributed by atoms with Crippen LogP contribution in [0.5, 0.6) is 0 Å². The lowest BCUT2D eigenvalue weighted by Gasteiger charge is -2.34. The van der Waals surface area contributed by atoms with Crippen LogP contribution < -0.4 is 5.32 Å². The van der Waals surface area contributed by atoms with Gasteiger partial charge >= 0.3 is 0 Å². The zero-order chi connectivity index (χ0) is 14.5. The van der Waals surface area contributed by atoms with Crippen LogP contribution in [-0.2, 0) is 16.1 Å². The minimum Gasteiger partial charge on any atom is -0.467 e. The Bertz CT molecular complexity index is 418. The molecule has 0 bridgehead atoms. The van der Waals surface area contributed by atoms with Crippen molar-refractivity contribution in [1.82, 2.24) is 10.2 Å². The Hall–Kier alpha value is -1.78. The van der Waals surface area contributed by atoms with Crippen molar-refractivity contribution >= 4 is 11.8 Å². The number of furan rings is 1. The molecule has 106 valence electrons. The zero-order valence-corrected chi connectivity index (χ0v) is 12.0. The van der Waals surface area contributed by atoms with Crippen LogP contribution in [0.3, 0.4) is 0 Å². The second kappa shape index (κ2) is 6.41. The first kappa shape index (κ1) is 15.3. The van der Waals surface area contributed by atoms with Crippen molar-refractivity contribution in [1.29, 1.82) is 0 Å². The van der Waals surface area contributed by atoms with Crippen LogP contribution in [0.2, 0.25) is 0 Å². The largest absolute Gasteiger partial charge is 0.467 e. The van der Waals surface area contributed by atoms with Crippen LogP contribution in [0.1, 0.15) is 39.9 Å². The Morgan fingerprint density at radius 3 is 2.53 bits per heavy atom. The summed E-state index contributed by atoms with van der Waals surface area (Å²) in [5.41, 5.74) is -0.271. The quantitative estimate of drug-likeness (QED) is 0.885. The van der Waals surface area contributed by atoms with Crippen LogP contribution >= 0.6 is 0 Å². The molecule has 0 aliphatic heterocycles. The van der Waals surface area contributed by atoms with E-state index in [9.17, 15) is 9.59 Å². The molecule has 0 spiro atoms. The highest BCUT2D eigenvalue weighted by molar-refractivity contribution is 5.78. The first-order chi connectivity index (χ1) is 8.80. The third-order valence-electron chi connectivity index (χ3n) is 2.79. The van der Waals surface area contributed by atoms with Gasteiger partial charge in [-0.3, -0.25) is 9.59 Å². The van der Waals surface area contributed by atoms with Crippen molar-refractivity contribution < 1.29 is 14.0 Å². The molecular formula is C14H22N2O3. The van der Waals surface area contributed by atoms with Crippen molar-refractivity contribution in [2.24, 2.45) is 0 Å².